The maximum atomic E-state index is 13.4. The predicted octanol–water partition coefficient (Wildman–Crippen LogP) is 1.98. The van der Waals surface area contributed by atoms with Crippen LogP contribution in [0.5, 0.6) is 0 Å². The molecule has 1 amide bonds. The van der Waals surface area contributed by atoms with Crippen molar-refractivity contribution in [2.24, 2.45) is 29.4 Å². The number of carbonyl (C=O) groups is 3. The van der Waals surface area contributed by atoms with Crippen molar-refractivity contribution in [3.63, 3.8) is 0 Å². The summed E-state index contributed by atoms with van der Waals surface area (Å²) < 4.78 is 0.565. The maximum absolute atomic E-state index is 13.4. The number of fused-ring (bicyclic) bond motifs is 3. The molecular formula is C21H23IN2O6. The number of primary amides is 1. The van der Waals surface area contributed by atoms with Crippen molar-refractivity contribution in [3.8, 4) is 0 Å². The summed E-state index contributed by atoms with van der Waals surface area (Å²) in [6, 6.07) is -0.0871. The van der Waals surface area contributed by atoms with Gasteiger partial charge in [-0.05, 0) is 67.4 Å². The maximum Gasteiger partial charge on any atom is 0.255 e. The van der Waals surface area contributed by atoms with E-state index in [9.17, 15) is 29.7 Å². The van der Waals surface area contributed by atoms with Crippen LogP contribution >= 0.6 is 22.6 Å². The molecule has 4 aliphatic rings. The third-order valence-corrected chi connectivity index (χ3v) is 7.63. The Morgan fingerprint density at radius 3 is 2.43 bits per heavy atom. The van der Waals surface area contributed by atoms with Crippen LogP contribution in [-0.2, 0) is 14.4 Å². The summed E-state index contributed by atoms with van der Waals surface area (Å²) in [5.41, 5.74) is 5.13. The van der Waals surface area contributed by atoms with Crippen LogP contribution in [0.1, 0.15) is 19.3 Å². The molecule has 4 aliphatic carbocycles. The number of nitrogens with two attached hydrogens (primary N) is 1. The van der Waals surface area contributed by atoms with Crippen LogP contribution in [0.3, 0.4) is 0 Å². The van der Waals surface area contributed by atoms with Crippen molar-refractivity contribution < 1.29 is 29.7 Å². The van der Waals surface area contributed by atoms with Gasteiger partial charge in [0, 0.05) is 29.5 Å². The Morgan fingerprint density at radius 1 is 1.17 bits per heavy atom. The topological polar surface area (TPSA) is 141 Å². The fourth-order valence-electron chi connectivity index (χ4n) is 5.50. The molecule has 9 heteroatoms. The van der Waals surface area contributed by atoms with E-state index in [0.717, 1.165) is 0 Å². The lowest BCUT2D eigenvalue weighted by atomic mass is 9.59. The average molecular weight is 526 g/mol. The second-order valence-corrected chi connectivity index (χ2v) is 9.79. The molecule has 0 spiro atoms. The van der Waals surface area contributed by atoms with Crippen LogP contribution in [0.4, 0.5) is 0 Å². The van der Waals surface area contributed by atoms with Gasteiger partial charge in [-0.15, -0.1) is 0 Å². The first-order valence-corrected chi connectivity index (χ1v) is 10.8. The predicted molar refractivity (Wildman–Crippen MR) is 116 cm³/mol. The third-order valence-electron chi connectivity index (χ3n) is 6.76. The van der Waals surface area contributed by atoms with Crippen LogP contribution in [0, 0.1) is 23.7 Å². The molecule has 0 saturated heterocycles. The molecule has 5 atom stereocenters. The van der Waals surface area contributed by atoms with E-state index in [1.54, 1.807) is 0 Å². The SMILES string of the molecule is CN(C)C1C=C(I)C(O)=C2C(=O)C3=C(O)C4C(=O)C(C(N)=O)=C(O)CC4CC3CC21. The van der Waals surface area contributed by atoms with Gasteiger partial charge >= 0.3 is 0 Å². The highest BCUT2D eigenvalue weighted by molar-refractivity contribution is 14.1. The summed E-state index contributed by atoms with van der Waals surface area (Å²) in [6.45, 7) is 0. The van der Waals surface area contributed by atoms with Crippen LogP contribution < -0.4 is 5.73 Å². The quantitative estimate of drug-likeness (QED) is 0.319. The van der Waals surface area contributed by atoms with Crippen molar-refractivity contribution in [1.82, 2.24) is 4.90 Å². The van der Waals surface area contributed by atoms with Gasteiger partial charge < -0.3 is 26.0 Å². The third kappa shape index (κ3) is 2.93. The number of halogens is 1. The van der Waals surface area contributed by atoms with Crippen LogP contribution in [-0.4, -0.2) is 57.8 Å². The molecule has 0 aromatic heterocycles. The summed E-state index contributed by atoms with van der Waals surface area (Å²) in [5.74, 6) is -5.10. The van der Waals surface area contributed by atoms with E-state index in [-0.39, 0.29) is 52.7 Å². The summed E-state index contributed by atoms with van der Waals surface area (Å²) in [5, 5.41) is 31.8. The number of hydrogen-bond donors (Lipinski definition) is 4. The molecule has 0 radical (unpaired) electrons. The second kappa shape index (κ2) is 7.23. The lowest BCUT2D eigenvalue weighted by Gasteiger charge is -2.45. The Morgan fingerprint density at radius 2 is 1.83 bits per heavy atom. The summed E-state index contributed by atoms with van der Waals surface area (Å²) >= 11 is 1.98. The van der Waals surface area contributed by atoms with Crippen molar-refractivity contribution in [2.45, 2.75) is 25.3 Å². The number of likely N-dealkylation sites (N-methyl/N-ethyl adjacent to an activating group) is 1. The molecule has 1 saturated carbocycles. The van der Waals surface area contributed by atoms with E-state index in [1.165, 1.54) is 0 Å². The van der Waals surface area contributed by atoms with E-state index in [1.807, 2.05) is 47.7 Å². The van der Waals surface area contributed by atoms with E-state index >= 15 is 0 Å². The fourth-order valence-corrected chi connectivity index (χ4v) is 6.16. The van der Waals surface area contributed by atoms with Gasteiger partial charge in [0.25, 0.3) is 5.91 Å². The summed E-state index contributed by atoms with van der Waals surface area (Å²) in [6.07, 6.45) is 2.92. The van der Waals surface area contributed by atoms with Gasteiger partial charge in [-0.3, -0.25) is 14.4 Å². The van der Waals surface area contributed by atoms with E-state index < -0.39 is 34.9 Å². The number of nitrogens with zero attached hydrogens (tertiary/aromatic N) is 1. The van der Waals surface area contributed by atoms with Crippen molar-refractivity contribution in [1.29, 1.82) is 0 Å². The van der Waals surface area contributed by atoms with E-state index in [2.05, 4.69) is 0 Å². The Kier molecular flexibility index (Phi) is 5.08. The standard InChI is InChI=1S/C21H23IN2O6/c1-24(2)11-6-10(22)17(26)15-9(11)4-7-3-8-5-12(25)16(21(23)30)20(29)14(8)18(27)13(7)19(15)28/h6-9,11,14,25-27H,3-5H2,1-2H3,(H2,23,30). The minimum atomic E-state index is -1.08. The zero-order valence-corrected chi connectivity index (χ0v) is 18.7. The number of aliphatic hydroxyl groups is 3. The molecule has 4 rings (SSSR count). The molecule has 5 N–H and O–H groups in total. The summed E-state index contributed by atoms with van der Waals surface area (Å²) in [4.78, 5) is 39.9. The molecule has 30 heavy (non-hydrogen) atoms. The number of amides is 1. The molecule has 160 valence electrons. The first-order valence-electron chi connectivity index (χ1n) is 9.75. The zero-order chi connectivity index (χ0) is 22.1. The molecule has 0 bridgehead atoms. The molecule has 0 heterocycles. The number of carbonyl (C=O) groups excluding carboxylic acids is 3. The van der Waals surface area contributed by atoms with Gasteiger partial charge in [0.2, 0.25) is 0 Å². The van der Waals surface area contributed by atoms with Gasteiger partial charge in [-0.2, -0.15) is 0 Å². The van der Waals surface area contributed by atoms with Gasteiger partial charge in [-0.25, -0.2) is 0 Å². The Hall–Kier alpha value is -2.14. The minimum Gasteiger partial charge on any atom is -0.511 e. The average Bonchev–Trinajstić information content (AvgIpc) is 2.63. The van der Waals surface area contributed by atoms with Crippen LogP contribution in [0.2, 0.25) is 0 Å². The minimum absolute atomic E-state index is 0.0459. The number of allylic oxidation sites excluding steroid dienone is 4. The summed E-state index contributed by atoms with van der Waals surface area (Å²) in [7, 11) is 3.81. The Balaban J connectivity index is 1.82. The Labute approximate surface area is 186 Å². The highest BCUT2D eigenvalue weighted by Crippen LogP contribution is 2.52. The highest BCUT2D eigenvalue weighted by atomic mass is 127. The molecular weight excluding hydrogens is 503 g/mol. The smallest absolute Gasteiger partial charge is 0.255 e. The molecule has 0 aromatic carbocycles. The number of rotatable bonds is 2. The number of ketones is 2. The lowest BCUT2D eigenvalue weighted by Crippen LogP contribution is -2.48. The van der Waals surface area contributed by atoms with Crippen LogP contribution in [0.25, 0.3) is 0 Å². The van der Waals surface area contributed by atoms with Crippen molar-refractivity contribution >= 4 is 40.1 Å². The first kappa shape index (κ1) is 21.1. The second-order valence-electron chi connectivity index (χ2n) is 8.63. The van der Waals surface area contributed by atoms with Crippen molar-refractivity contribution in [3.05, 3.63) is 43.7 Å². The monoisotopic (exact) mass is 526 g/mol. The normalized spacial score (nSPS) is 34.0. The van der Waals surface area contributed by atoms with E-state index in [0.29, 0.717) is 16.4 Å². The molecule has 1 fully saturated rings. The molecule has 8 nitrogen and oxygen atoms in total. The fraction of sp³-hybridized carbons (Fsp3) is 0.476. The number of hydrogen-bond acceptors (Lipinski definition) is 7. The van der Waals surface area contributed by atoms with Gasteiger partial charge in [0.1, 0.15) is 22.9 Å². The highest BCUT2D eigenvalue weighted by Gasteiger charge is 2.53. The largest absolute Gasteiger partial charge is 0.511 e. The number of Topliss-reactive ketones (excluding diaryl/α,β-unsaturated/α-hetero) is 2. The zero-order valence-electron chi connectivity index (χ0n) is 16.6. The molecule has 5 unspecified atom stereocenters. The van der Waals surface area contributed by atoms with Gasteiger partial charge in [-0.1, -0.05) is 0 Å². The van der Waals surface area contributed by atoms with Crippen LogP contribution in [0.15, 0.2) is 43.7 Å². The first-order chi connectivity index (χ1) is 14.0. The number of aliphatic hydroxyl groups excluding tert-OH is 3. The van der Waals surface area contributed by atoms with Gasteiger partial charge in [0.15, 0.2) is 11.6 Å². The lowest BCUT2D eigenvalue weighted by molar-refractivity contribution is -0.126. The molecule has 0 aliphatic heterocycles. The van der Waals surface area contributed by atoms with Gasteiger partial charge in [0.05, 0.1) is 9.50 Å². The Bertz CT molecular complexity index is 1000. The molecule has 0 aromatic rings. The van der Waals surface area contributed by atoms with E-state index in [4.69, 9.17) is 5.73 Å². The van der Waals surface area contributed by atoms with Crippen molar-refractivity contribution in [2.75, 3.05) is 14.1 Å².